The van der Waals surface area contributed by atoms with Gasteiger partial charge in [0, 0.05) is 12.8 Å². The fourth-order valence-electron chi connectivity index (χ4n) is 5.32. The quantitative estimate of drug-likeness (QED) is 0.0199. The maximum Gasteiger partial charge on any atom is 0.306 e. The van der Waals surface area contributed by atoms with Crippen LogP contribution in [-0.4, -0.2) is 70.0 Å². The number of esters is 2. The van der Waals surface area contributed by atoms with E-state index in [9.17, 15) is 19.0 Å². The molecule has 0 rings (SSSR count). The highest BCUT2D eigenvalue weighted by atomic mass is 31.2. The van der Waals surface area contributed by atoms with Crippen LogP contribution in [0.3, 0.4) is 0 Å². The van der Waals surface area contributed by atoms with Gasteiger partial charge >= 0.3 is 11.9 Å². The van der Waals surface area contributed by atoms with E-state index in [2.05, 4.69) is 86.8 Å². The summed E-state index contributed by atoms with van der Waals surface area (Å²) < 4.78 is 33.8. The van der Waals surface area contributed by atoms with Crippen LogP contribution in [0.15, 0.2) is 72.9 Å². The molecule has 0 aliphatic rings. The van der Waals surface area contributed by atoms with Gasteiger partial charge in [-0.3, -0.25) is 14.2 Å². The number of carbonyl (C=O) groups excluding carboxylic acids is 2. The molecule has 0 aromatic rings. The number of allylic oxidation sites excluding steroid dienone is 12. The van der Waals surface area contributed by atoms with Crippen molar-refractivity contribution in [1.29, 1.82) is 0 Å². The van der Waals surface area contributed by atoms with E-state index in [0.717, 1.165) is 77.0 Å². The predicted octanol–water partition coefficient (Wildman–Crippen LogP) is 11.6. The van der Waals surface area contributed by atoms with Gasteiger partial charge in [0.05, 0.1) is 27.7 Å². The first-order valence-electron chi connectivity index (χ1n) is 21.6. The van der Waals surface area contributed by atoms with Crippen molar-refractivity contribution in [2.45, 2.75) is 161 Å². The highest BCUT2D eigenvalue weighted by Crippen LogP contribution is 2.38. The molecule has 1 unspecified atom stereocenters. The van der Waals surface area contributed by atoms with Gasteiger partial charge in [-0.2, -0.15) is 0 Å². The summed E-state index contributed by atoms with van der Waals surface area (Å²) in [6.07, 6.45) is 46.4. The number of rotatable bonds is 38. The van der Waals surface area contributed by atoms with Crippen LogP contribution in [0.5, 0.6) is 0 Å². The molecule has 0 bridgehead atoms. The number of hydrogen-bond acceptors (Lipinski definition) is 8. The van der Waals surface area contributed by atoms with Gasteiger partial charge in [-0.1, -0.05) is 132 Å². The van der Waals surface area contributed by atoms with Crippen LogP contribution in [-0.2, 0) is 32.7 Å². The zero-order valence-corrected chi connectivity index (χ0v) is 36.9. The molecule has 0 heterocycles. The maximum atomic E-state index is 12.6. The Hall–Kier alpha value is -2.55. The van der Waals surface area contributed by atoms with Gasteiger partial charge < -0.3 is 27.9 Å². The Labute approximate surface area is 342 Å². The van der Waals surface area contributed by atoms with E-state index in [1.54, 1.807) is 0 Å². The molecule has 0 aliphatic carbocycles. The molecular weight excluding hydrogens is 725 g/mol. The number of quaternary nitrogens is 1. The maximum absolute atomic E-state index is 12.6. The summed E-state index contributed by atoms with van der Waals surface area (Å²) in [6.45, 7) is 4.02. The zero-order valence-electron chi connectivity index (χ0n) is 36.1. The van der Waals surface area contributed by atoms with Crippen molar-refractivity contribution < 1.29 is 42.1 Å². The van der Waals surface area contributed by atoms with Crippen LogP contribution in [0.2, 0.25) is 0 Å². The van der Waals surface area contributed by atoms with Crippen LogP contribution < -0.4 is 4.89 Å². The Morgan fingerprint density at radius 2 is 1.02 bits per heavy atom. The second-order valence-electron chi connectivity index (χ2n) is 15.3. The van der Waals surface area contributed by atoms with E-state index in [0.29, 0.717) is 23.9 Å². The fraction of sp³-hybridized carbons (Fsp3) is 0.696. The van der Waals surface area contributed by atoms with Crippen molar-refractivity contribution in [2.75, 3.05) is 47.5 Å². The predicted molar refractivity (Wildman–Crippen MR) is 231 cm³/mol. The molecule has 322 valence electrons. The van der Waals surface area contributed by atoms with Crippen molar-refractivity contribution in [2.24, 2.45) is 0 Å². The molecule has 0 aromatic heterocycles. The topological polar surface area (TPSA) is 111 Å². The van der Waals surface area contributed by atoms with Crippen LogP contribution in [0, 0.1) is 0 Å². The van der Waals surface area contributed by atoms with Crippen LogP contribution >= 0.6 is 7.82 Å². The summed E-state index contributed by atoms with van der Waals surface area (Å²) in [5.74, 6) is -0.898. The smallest absolute Gasteiger partial charge is 0.306 e. The van der Waals surface area contributed by atoms with Crippen molar-refractivity contribution in [3.8, 4) is 0 Å². The van der Waals surface area contributed by atoms with E-state index in [4.69, 9.17) is 18.5 Å². The summed E-state index contributed by atoms with van der Waals surface area (Å²) >= 11 is 0. The Balaban J connectivity index is 4.45. The molecule has 0 radical (unpaired) electrons. The van der Waals surface area contributed by atoms with Crippen LogP contribution in [0.1, 0.15) is 155 Å². The summed E-state index contributed by atoms with van der Waals surface area (Å²) in [6, 6.07) is 0. The monoisotopic (exact) mass is 806 g/mol. The zero-order chi connectivity index (χ0) is 41.4. The molecule has 0 spiro atoms. The van der Waals surface area contributed by atoms with Gasteiger partial charge in [0.1, 0.15) is 19.8 Å². The molecule has 0 saturated heterocycles. The lowest BCUT2D eigenvalue weighted by Crippen LogP contribution is -2.37. The standard InChI is InChI=1S/C46H80NO8P/c1-6-8-10-12-14-16-18-20-21-22-23-24-25-27-28-30-32-34-36-38-45(48)52-42-44(43-54-56(50,51)53-41-40-47(3,4)5)55-46(49)39-37-35-33-31-29-26-19-17-15-13-11-9-7-2/h8,10,14,16,20-21,23-24,26-29,44H,6-7,9,11-13,15,17-19,22,25,30-43H2,1-5H3/b10-8+,16-14+,21-20+,24-23+,28-27+,29-26+/t44-/m0/s1. The molecular formula is C46H80NO8P. The summed E-state index contributed by atoms with van der Waals surface area (Å²) in [5, 5.41) is 0. The summed E-state index contributed by atoms with van der Waals surface area (Å²) in [5.41, 5.74) is 0. The second-order valence-corrected chi connectivity index (χ2v) is 16.7. The van der Waals surface area contributed by atoms with Gasteiger partial charge in [0.2, 0.25) is 0 Å². The van der Waals surface area contributed by atoms with E-state index >= 15 is 0 Å². The number of likely N-dealkylation sites (N-methyl/N-ethyl adjacent to an activating group) is 1. The third-order valence-electron chi connectivity index (χ3n) is 8.71. The number of ether oxygens (including phenoxy) is 2. The molecule has 0 aliphatic heterocycles. The fourth-order valence-corrected chi connectivity index (χ4v) is 6.05. The normalized spacial score (nSPS) is 14.3. The number of unbranched alkanes of at least 4 members (excludes halogenated alkanes) is 12. The molecule has 9 nitrogen and oxygen atoms in total. The molecule has 0 amide bonds. The van der Waals surface area contributed by atoms with Gasteiger partial charge in [-0.05, 0) is 83.5 Å². The Bertz CT molecular complexity index is 1180. The third-order valence-corrected chi connectivity index (χ3v) is 9.67. The van der Waals surface area contributed by atoms with Crippen molar-refractivity contribution in [3.63, 3.8) is 0 Å². The van der Waals surface area contributed by atoms with Crippen LogP contribution in [0.4, 0.5) is 0 Å². The minimum Gasteiger partial charge on any atom is -0.756 e. The summed E-state index contributed by atoms with van der Waals surface area (Å²) in [4.78, 5) is 37.5. The van der Waals surface area contributed by atoms with Gasteiger partial charge in [0.15, 0.2) is 6.10 Å². The molecule has 10 heteroatoms. The number of nitrogens with zero attached hydrogens (tertiary/aromatic N) is 1. The lowest BCUT2D eigenvalue weighted by atomic mass is 10.1. The Morgan fingerprint density at radius 3 is 1.54 bits per heavy atom. The average Bonchev–Trinajstić information content (AvgIpc) is 3.15. The van der Waals surface area contributed by atoms with Crippen LogP contribution in [0.25, 0.3) is 0 Å². The van der Waals surface area contributed by atoms with E-state index in [1.165, 1.54) is 38.5 Å². The first-order valence-corrected chi connectivity index (χ1v) is 23.1. The SMILES string of the molecule is CC/C=C/C/C=C/C/C=C/C/C=C/C/C=C/CCCCCC(=O)OC[C@@H](COP(=O)([O-])OCC[N+](C)(C)C)OC(=O)CCCCC/C=C/CCCCCCCC. The number of hydrogen-bond donors (Lipinski definition) is 0. The minimum absolute atomic E-state index is 0.0426. The Kier molecular flexibility index (Phi) is 36.3. The molecule has 2 atom stereocenters. The number of phosphoric acid groups is 1. The van der Waals surface area contributed by atoms with E-state index < -0.39 is 32.5 Å². The lowest BCUT2D eigenvalue weighted by molar-refractivity contribution is -0.870. The van der Waals surface area contributed by atoms with Crippen molar-refractivity contribution in [3.05, 3.63) is 72.9 Å². The highest BCUT2D eigenvalue weighted by molar-refractivity contribution is 7.45. The molecule has 0 aromatic carbocycles. The molecule has 0 fully saturated rings. The second kappa shape index (κ2) is 38.0. The molecule has 0 saturated carbocycles. The van der Waals surface area contributed by atoms with Crippen molar-refractivity contribution >= 4 is 19.8 Å². The largest absolute Gasteiger partial charge is 0.756 e. The van der Waals surface area contributed by atoms with Crippen molar-refractivity contribution in [1.82, 2.24) is 0 Å². The first-order chi connectivity index (χ1) is 27.0. The third kappa shape index (κ3) is 41.1. The average molecular weight is 806 g/mol. The number of phosphoric ester groups is 1. The number of carbonyl (C=O) groups is 2. The van der Waals surface area contributed by atoms with Gasteiger partial charge in [-0.25, -0.2) is 0 Å². The van der Waals surface area contributed by atoms with E-state index in [-0.39, 0.29) is 26.1 Å². The Morgan fingerprint density at radius 1 is 0.571 bits per heavy atom. The molecule has 0 N–H and O–H groups in total. The van der Waals surface area contributed by atoms with Gasteiger partial charge in [0.25, 0.3) is 7.82 Å². The summed E-state index contributed by atoms with van der Waals surface area (Å²) in [7, 11) is 1.12. The first kappa shape index (κ1) is 53.5. The van der Waals surface area contributed by atoms with E-state index in [1.807, 2.05) is 21.1 Å². The van der Waals surface area contributed by atoms with Gasteiger partial charge in [-0.15, -0.1) is 0 Å². The molecule has 56 heavy (non-hydrogen) atoms. The minimum atomic E-state index is -4.64. The lowest BCUT2D eigenvalue weighted by Gasteiger charge is -2.28. The highest BCUT2D eigenvalue weighted by Gasteiger charge is 2.21.